The van der Waals surface area contributed by atoms with Crippen molar-refractivity contribution >= 4 is 17.4 Å². The van der Waals surface area contributed by atoms with Gasteiger partial charge in [0.2, 0.25) is 0 Å². The van der Waals surface area contributed by atoms with Gasteiger partial charge in [0.05, 0.1) is 0 Å². The second kappa shape index (κ2) is 6.02. The van der Waals surface area contributed by atoms with Gasteiger partial charge in [-0.3, -0.25) is 0 Å². The summed E-state index contributed by atoms with van der Waals surface area (Å²) in [6, 6.07) is 8.14. The Balaban J connectivity index is 1.55. The Morgan fingerprint density at radius 2 is 1.80 bits per heavy atom. The van der Waals surface area contributed by atoms with Gasteiger partial charge in [-0.2, -0.15) is 19.9 Å². The molecule has 0 radical (unpaired) electrons. The van der Waals surface area contributed by atoms with Crippen molar-refractivity contribution in [3.63, 3.8) is 0 Å². The van der Waals surface area contributed by atoms with Gasteiger partial charge in [-0.15, -0.1) is 0 Å². The first kappa shape index (κ1) is 15.3. The molecule has 0 aliphatic carbocycles. The molecule has 3 aromatic heterocycles. The predicted molar refractivity (Wildman–Crippen MR) is 93.6 cm³/mol. The van der Waals surface area contributed by atoms with Crippen LogP contribution in [0, 0.1) is 25.2 Å². The van der Waals surface area contributed by atoms with Crippen LogP contribution in [-0.2, 0) is 0 Å². The Hall–Kier alpha value is -3.21. The van der Waals surface area contributed by atoms with Crippen molar-refractivity contribution in [2.24, 2.45) is 0 Å². The van der Waals surface area contributed by atoms with Crippen LogP contribution in [0.5, 0.6) is 0 Å². The molecule has 1 aliphatic heterocycles. The summed E-state index contributed by atoms with van der Waals surface area (Å²) in [7, 11) is 0. The molecule has 3 aromatic rings. The van der Waals surface area contributed by atoms with E-state index in [1.807, 2.05) is 32.0 Å². The highest BCUT2D eigenvalue weighted by Crippen LogP contribution is 2.21. The number of aromatic nitrogens is 5. The summed E-state index contributed by atoms with van der Waals surface area (Å²) in [5, 5.41) is 13.5. The van der Waals surface area contributed by atoms with Crippen molar-refractivity contribution in [2.45, 2.75) is 13.8 Å². The lowest BCUT2D eigenvalue weighted by molar-refractivity contribution is 0.633. The zero-order chi connectivity index (χ0) is 17.4. The van der Waals surface area contributed by atoms with Gasteiger partial charge >= 0.3 is 0 Å². The van der Waals surface area contributed by atoms with Gasteiger partial charge in [-0.25, -0.2) is 9.97 Å². The maximum Gasteiger partial charge on any atom is 0.254 e. The predicted octanol–water partition coefficient (Wildman–Crippen LogP) is 1.33. The van der Waals surface area contributed by atoms with Gasteiger partial charge in [-0.1, -0.05) is 6.07 Å². The minimum absolute atomic E-state index is 0.494. The van der Waals surface area contributed by atoms with Gasteiger partial charge in [0.25, 0.3) is 5.78 Å². The third-order valence-electron chi connectivity index (χ3n) is 4.48. The SMILES string of the molecule is Cc1cc(N2CCN(c3ccc(C)c(C#N)n3)CC2)n2ncnc2n1. The monoisotopic (exact) mass is 334 g/mol. The van der Waals surface area contributed by atoms with Gasteiger partial charge in [0, 0.05) is 37.9 Å². The number of piperazine rings is 1. The van der Waals surface area contributed by atoms with Crippen LogP contribution in [0.2, 0.25) is 0 Å². The van der Waals surface area contributed by atoms with Crippen LogP contribution in [0.25, 0.3) is 5.78 Å². The lowest BCUT2D eigenvalue weighted by Gasteiger charge is -2.36. The molecule has 25 heavy (non-hydrogen) atoms. The summed E-state index contributed by atoms with van der Waals surface area (Å²) < 4.78 is 1.78. The van der Waals surface area contributed by atoms with E-state index in [2.05, 4.69) is 35.9 Å². The third kappa shape index (κ3) is 2.74. The van der Waals surface area contributed by atoms with Crippen LogP contribution in [0.15, 0.2) is 24.5 Å². The molecule has 0 spiro atoms. The minimum Gasteiger partial charge on any atom is -0.353 e. The summed E-state index contributed by atoms with van der Waals surface area (Å²) in [4.78, 5) is 17.6. The van der Waals surface area contributed by atoms with Crippen LogP contribution >= 0.6 is 0 Å². The molecule has 8 heteroatoms. The van der Waals surface area contributed by atoms with Crippen molar-refractivity contribution in [2.75, 3.05) is 36.0 Å². The largest absolute Gasteiger partial charge is 0.353 e. The lowest BCUT2D eigenvalue weighted by atomic mass is 10.2. The van der Waals surface area contributed by atoms with E-state index in [1.165, 1.54) is 6.33 Å². The van der Waals surface area contributed by atoms with E-state index in [0.29, 0.717) is 11.5 Å². The van der Waals surface area contributed by atoms with Gasteiger partial charge in [-0.05, 0) is 25.5 Å². The van der Waals surface area contributed by atoms with Crippen LogP contribution < -0.4 is 9.80 Å². The Labute approximate surface area is 145 Å². The standard InChI is InChI=1S/C17H18N8/c1-12-3-4-15(22-14(12)10-18)23-5-7-24(8-6-23)16-9-13(2)21-17-19-11-20-25(16)17/h3-4,9,11H,5-8H2,1-2H3. The van der Waals surface area contributed by atoms with Crippen molar-refractivity contribution in [3.8, 4) is 6.07 Å². The Morgan fingerprint density at radius 1 is 1.04 bits per heavy atom. The molecule has 0 atom stereocenters. The molecule has 0 amide bonds. The number of fused-ring (bicyclic) bond motifs is 1. The van der Waals surface area contributed by atoms with Crippen LogP contribution in [0.3, 0.4) is 0 Å². The first-order chi connectivity index (χ1) is 12.2. The van der Waals surface area contributed by atoms with Crippen LogP contribution in [0.1, 0.15) is 17.0 Å². The number of rotatable bonds is 2. The van der Waals surface area contributed by atoms with Crippen molar-refractivity contribution < 1.29 is 0 Å². The zero-order valence-electron chi connectivity index (χ0n) is 14.2. The summed E-state index contributed by atoms with van der Waals surface area (Å²) >= 11 is 0. The van der Waals surface area contributed by atoms with E-state index in [1.54, 1.807) is 4.52 Å². The summed E-state index contributed by atoms with van der Waals surface area (Å²) in [6.07, 6.45) is 1.53. The number of nitriles is 1. The highest BCUT2D eigenvalue weighted by molar-refractivity contribution is 5.50. The molecule has 0 bridgehead atoms. The number of nitrogens with zero attached hydrogens (tertiary/aromatic N) is 8. The van der Waals surface area contributed by atoms with Gasteiger partial charge in [0.1, 0.15) is 29.7 Å². The summed E-state index contributed by atoms with van der Waals surface area (Å²) in [6.45, 7) is 7.22. The smallest absolute Gasteiger partial charge is 0.254 e. The number of pyridine rings is 1. The van der Waals surface area contributed by atoms with Crippen molar-refractivity contribution in [1.82, 2.24) is 24.6 Å². The molecule has 8 nitrogen and oxygen atoms in total. The molecule has 4 rings (SSSR count). The molecule has 0 N–H and O–H groups in total. The van der Waals surface area contributed by atoms with Crippen LogP contribution in [-0.4, -0.2) is 50.7 Å². The number of hydrogen-bond donors (Lipinski definition) is 0. The van der Waals surface area contributed by atoms with Crippen LogP contribution in [0.4, 0.5) is 11.6 Å². The first-order valence-corrected chi connectivity index (χ1v) is 8.21. The molecule has 4 heterocycles. The molecule has 1 fully saturated rings. The summed E-state index contributed by atoms with van der Waals surface area (Å²) in [5.74, 6) is 2.49. The Kier molecular flexibility index (Phi) is 3.69. The maximum atomic E-state index is 9.18. The van der Waals surface area contributed by atoms with Crippen molar-refractivity contribution in [1.29, 1.82) is 5.26 Å². The van der Waals surface area contributed by atoms with E-state index in [9.17, 15) is 5.26 Å². The average Bonchev–Trinajstić information content (AvgIpc) is 3.10. The second-order valence-corrected chi connectivity index (χ2v) is 6.15. The average molecular weight is 334 g/mol. The highest BCUT2D eigenvalue weighted by Gasteiger charge is 2.21. The fraction of sp³-hybridized carbons (Fsp3) is 0.353. The Bertz CT molecular complexity index is 962. The fourth-order valence-corrected chi connectivity index (χ4v) is 3.11. The highest BCUT2D eigenvalue weighted by atomic mass is 15.4. The lowest BCUT2D eigenvalue weighted by Crippen LogP contribution is -2.47. The summed E-state index contributed by atoms with van der Waals surface area (Å²) in [5.41, 5.74) is 2.33. The number of aryl methyl sites for hydroxylation is 2. The molecule has 1 saturated heterocycles. The normalized spacial score (nSPS) is 14.8. The minimum atomic E-state index is 0.494. The molecule has 0 saturated carbocycles. The molecule has 0 unspecified atom stereocenters. The zero-order valence-corrected chi connectivity index (χ0v) is 14.2. The van der Waals surface area contributed by atoms with Crippen molar-refractivity contribution in [3.05, 3.63) is 41.5 Å². The first-order valence-electron chi connectivity index (χ1n) is 8.21. The molecule has 126 valence electrons. The van der Waals surface area contributed by atoms with E-state index < -0.39 is 0 Å². The second-order valence-electron chi connectivity index (χ2n) is 6.15. The Morgan fingerprint density at radius 3 is 2.56 bits per heavy atom. The van der Waals surface area contributed by atoms with E-state index in [-0.39, 0.29) is 0 Å². The van der Waals surface area contributed by atoms with Gasteiger partial charge in [0.15, 0.2) is 0 Å². The maximum absolute atomic E-state index is 9.18. The molecular formula is C17H18N8. The van der Waals surface area contributed by atoms with E-state index in [4.69, 9.17) is 0 Å². The molecular weight excluding hydrogens is 316 g/mol. The molecule has 0 aromatic carbocycles. The quantitative estimate of drug-likeness (QED) is 0.699. The fourth-order valence-electron chi connectivity index (χ4n) is 3.11. The molecule has 1 aliphatic rings. The van der Waals surface area contributed by atoms with E-state index in [0.717, 1.165) is 49.1 Å². The van der Waals surface area contributed by atoms with E-state index >= 15 is 0 Å². The number of hydrogen-bond acceptors (Lipinski definition) is 7. The number of anilines is 2. The topological polar surface area (TPSA) is 86.2 Å². The third-order valence-corrected chi connectivity index (χ3v) is 4.48. The van der Waals surface area contributed by atoms with Gasteiger partial charge < -0.3 is 9.80 Å².